The van der Waals surface area contributed by atoms with E-state index >= 15 is 0 Å². The van der Waals surface area contributed by atoms with Crippen LogP contribution in [0.1, 0.15) is 33.1 Å². The molecule has 0 aromatic heterocycles. The van der Waals surface area contributed by atoms with Crippen molar-refractivity contribution in [3.63, 3.8) is 0 Å². The molecule has 1 heterocycles. The zero-order valence-electron chi connectivity index (χ0n) is 9.51. The third-order valence-corrected chi connectivity index (χ3v) is 3.42. The zero-order valence-corrected chi connectivity index (χ0v) is 9.51. The second-order valence-electron chi connectivity index (χ2n) is 4.97. The fourth-order valence-corrected chi connectivity index (χ4v) is 2.42. The Kier molecular flexibility index (Phi) is 2.87. The minimum Gasteiger partial charge on any atom is -0.447 e. The van der Waals surface area contributed by atoms with Crippen LogP contribution in [0.4, 0.5) is 4.79 Å². The molecule has 2 rings (SSSR count). The van der Waals surface area contributed by atoms with Crippen molar-refractivity contribution in [3.05, 3.63) is 0 Å². The number of piperidine rings is 1. The Balaban J connectivity index is 1.76. The first-order valence-electron chi connectivity index (χ1n) is 5.80. The third kappa shape index (κ3) is 2.43. The lowest BCUT2D eigenvalue weighted by molar-refractivity contribution is 0.113. The summed E-state index contributed by atoms with van der Waals surface area (Å²) >= 11 is 0. The fraction of sp³-hybridized carbons (Fsp3) is 0.909. The van der Waals surface area contributed by atoms with Crippen molar-refractivity contribution in [1.29, 1.82) is 0 Å². The number of hydrogen-bond acceptors (Lipinski definition) is 3. The molecule has 0 bridgehead atoms. The Bertz CT molecular complexity index is 247. The molecule has 1 amide bonds. The van der Waals surface area contributed by atoms with Crippen LogP contribution in [0.3, 0.4) is 0 Å². The molecule has 4 heteroatoms. The summed E-state index contributed by atoms with van der Waals surface area (Å²) < 4.78 is 5.07. The number of ether oxygens (including phenoxy) is 1. The summed E-state index contributed by atoms with van der Waals surface area (Å²) in [5, 5.41) is 6.30. The standard InChI is InChI=1S/C11H20N2O2/c1-8(2)15-10(14)13-9-7-11(9)3-5-12-6-4-11/h8-9,12H,3-7H2,1-2H3,(H,13,14). The van der Waals surface area contributed by atoms with E-state index < -0.39 is 0 Å². The van der Waals surface area contributed by atoms with Gasteiger partial charge >= 0.3 is 6.09 Å². The van der Waals surface area contributed by atoms with Gasteiger partial charge in [0.15, 0.2) is 0 Å². The smallest absolute Gasteiger partial charge is 0.407 e. The maximum Gasteiger partial charge on any atom is 0.407 e. The predicted octanol–water partition coefficient (Wildman–Crippen LogP) is 1.26. The van der Waals surface area contributed by atoms with Gasteiger partial charge in [-0.3, -0.25) is 0 Å². The second kappa shape index (κ2) is 4.00. The molecule has 1 saturated heterocycles. The lowest BCUT2D eigenvalue weighted by Gasteiger charge is -2.23. The van der Waals surface area contributed by atoms with Gasteiger partial charge in [-0.2, -0.15) is 0 Å². The highest BCUT2D eigenvalue weighted by atomic mass is 16.6. The van der Waals surface area contributed by atoms with Gasteiger partial charge < -0.3 is 15.4 Å². The average molecular weight is 212 g/mol. The topological polar surface area (TPSA) is 50.4 Å². The Morgan fingerprint density at radius 2 is 2.13 bits per heavy atom. The van der Waals surface area contributed by atoms with Crippen molar-refractivity contribution >= 4 is 6.09 Å². The molecule has 1 saturated carbocycles. The van der Waals surface area contributed by atoms with E-state index in [0.717, 1.165) is 19.5 Å². The Hall–Kier alpha value is -0.770. The van der Waals surface area contributed by atoms with E-state index in [9.17, 15) is 4.79 Å². The van der Waals surface area contributed by atoms with Crippen molar-refractivity contribution < 1.29 is 9.53 Å². The van der Waals surface area contributed by atoms with E-state index in [1.54, 1.807) is 0 Å². The fourth-order valence-electron chi connectivity index (χ4n) is 2.42. The molecule has 1 aliphatic heterocycles. The number of carbonyl (C=O) groups excluding carboxylic acids is 1. The van der Waals surface area contributed by atoms with Crippen LogP contribution in [0.15, 0.2) is 0 Å². The van der Waals surface area contributed by atoms with Gasteiger partial charge in [0.1, 0.15) is 0 Å². The first-order chi connectivity index (χ1) is 7.12. The highest BCUT2D eigenvalue weighted by Crippen LogP contribution is 2.52. The van der Waals surface area contributed by atoms with Gasteiger partial charge in [-0.15, -0.1) is 0 Å². The lowest BCUT2D eigenvalue weighted by Crippen LogP contribution is -2.36. The summed E-state index contributed by atoms with van der Waals surface area (Å²) in [4.78, 5) is 11.4. The van der Waals surface area contributed by atoms with Crippen molar-refractivity contribution in [2.45, 2.75) is 45.3 Å². The summed E-state index contributed by atoms with van der Waals surface area (Å²) in [6, 6.07) is 0.353. The number of rotatable bonds is 2. The predicted molar refractivity (Wildman–Crippen MR) is 57.7 cm³/mol. The average Bonchev–Trinajstić information content (AvgIpc) is 2.77. The molecule has 0 radical (unpaired) electrons. The molecule has 1 spiro atoms. The first-order valence-corrected chi connectivity index (χ1v) is 5.80. The Morgan fingerprint density at radius 1 is 1.47 bits per heavy atom. The SMILES string of the molecule is CC(C)OC(=O)NC1CC12CCNCC2. The molecule has 1 aliphatic carbocycles. The summed E-state index contributed by atoms with van der Waals surface area (Å²) in [6.07, 6.45) is 3.19. The van der Waals surface area contributed by atoms with Crippen molar-refractivity contribution in [2.24, 2.45) is 5.41 Å². The van der Waals surface area contributed by atoms with Gasteiger partial charge in [0.2, 0.25) is 0 Å². The van der Waals surface area contributed by atoms with Crippen LogP contribution in [0, 0.1) is 5.41 Å². The maximum atomic E-state index is 11.4. The molecular weight excluding hydrogens is 192 g/mol. The minimum absolute atomic E-state index is 0.0345. The molecule has 0 aromatic carbocycles. The van der Waals surface area contributed by atoms with Crippen molar-refractivity contribution in [2.75, 3.05) is 13.1 Å². The van der Waals surface area contributed by atoms with Gasteiger partial charge in [-0.05, 0) is 51.6 Å². The zero-order chi connectivity index (χ0) is 10.9. The van der Waals surface area contributed by atoms with E-state index in [1.165, 1.54) is 12.8 Å². The highest BCUT2D eigenvalue weighted by Gasteiger charge is 2.54. The van der Waals surface area contributed by atoms with Gasteiger partial charge in [0.05, 0.1) is 6.10 Å². The number of carbonyl (C=O) groups is 1. The largest absolute Gasteiger partial charge is 0.447 e. The van der Waals surface area contributed by atoms with E-state index in [4.69, 9.17) is 4.74 Å². The van der Waals surface area contributed by atoms with Crippen molar-refractivity contribution in [1.82, 2.24) is 10.6 Å². The summed E-state index contributed by atoms with van der Waals surface area (Å²) in [7, 11) is 0. The van der Waals surface area contributed by atoms with Crippen LogP contribution < -0.4 is 10.6 Å². The van der Waals surface area contributed by atoms with Gasteiger partial charge in [-0.25, -0.2) is 4.79 Å². The van der Waals surface area contributed by atoms with Gasteiger partial charge in [0.25, 0.3) is 0 Å². The molecule has 86 valence electrons. The van der Waals surface area contributed by atoms with Crippen LogP contribution in [-0.2, 0) is 4.74 Å². The minimum atomic E-state index is -0.259. The number of alkyl carbamates (subject to hydrolysis) is 1. The van der Waals surface area contributed by atoms with E-state index in [0.29, 0.717) is 11.5 Å². The lowest BCUT2D eigenvalue weighted by atomic mass is 9.94. The number of nitrogens with one attached hydrogen (secondary N) is 2. The highest BCUT2D eigenvalue weighted by molar-refractivity contribution is 5.68. The number of amides is 1. The Labute approximate surface area is 90.8 Å². The Morgan fingerprint density at radius 3 is 2.73 bits per heavy atom. The normalized spacial score (nSPS) is 27.8. The summed E-state index contributed by atoms with van der Waals surface area (Å²) in [6.45, 7) is 5.90. The summed E-state index contributed by atoms with van der Waals surface area (Å²) in [5.41, 5.74) is 0.390. The van der Waals surface area contributed by atoms with E-state index in [1.807, 2.05) is 13.8 Å². The molecule has 15 heavy (non-hydrogen) atoms. The maximum absolute atomic E-state index is 11.4. The van der Waals surface area contributed by atoms with Crippen LogP contribution >= 0.6 is 0 Å². The molecule has 2 fully saturated rings. The monoisotopic (exact) mass is 212 g/mol. The second-order valence-corrected chi connectivity index (χ2v) is 4.97. The van der Waals surface area contributed by atoms with Gasteiger partial charge in [0, 0.05) is 6.04 Å². The first kappa shape index (κ1) is 10.7. The molecule has 2 N–H and O–H groups in total. The molecule has 2 aliphatic rings. The van der Waals surface area contributed by atoms with Crippen LogP contribution in [0.5, 0.6) is 0 Å². The molecule has 1 unspecified atom stereocenters. The van der Waals surface area contributed by atoms with Gasteiger partial charge in [-0.1, -0.05) is 0 Å². The molecule has 4 nitrogen and oxygen atoms in total. The molecular formula is C11H20N2O2. The summed E-state index contributed by atoms with van der Waals surface area (Å²) in [5.74, 6) is 0. The van der Waals surface area contributed by atoms with Crippen LogP contribution in [0.25, 0.3) is 0 Å². The number of hydrogen-bond donors (Lipinski definition) is 2. The van der Waals surface area contributed by atoms with E-state index in [2.05, 4.69) is 10.6 Å². The van der Waals surface area contributed by atoms with Crippen LogP contribution in [0.2, 0.25) is 0 Å². The quantitative estimate of drug-likeness (QED) is 0.724. The van der Waals surface area contributed by atoms with E-state index in [-0.39, 0.29) is 12.2 Å². The molecule has 1 atom stereocenters. The molecule has 0 aromatic rings. The van der Waals surface area contributed by atoms with Crippen LogP contribution in [-0.4, -0.2) is 31.3 Å². The third-order valence-electron chi connectivity index (χ3n) is 3.42. The van der Waals surface area contributed by atoms with Crippen molar-refractivity contribution in [3.8, 4) is 0 Å².